The van der Waals surface area contributed by atoms with Crippen molar-refractivity contribution in [1.29, 1.82) is 0 Å². The first kappa shape index (κ1) is 12.6. The van der Waals surface area contributed by atoms with E-state index in [-0.39, 0.29) is 6.04 Å². The van der Waals surface area contributed by atoms with Gasteiger partial charge in [0.05, 0.1) is 7.11 Å². The number of fused-ring (bicyclic) bond motifs is 2. The molecule has 2 aromatic carbocycles. The van der Waals surface area contributed by atoms with Crippen LogP contribution in [0.5, 0.6) is 5.75 Å². The highest BCUT2D eigenvalue weighted by molar-refractivity contribution is 5.83. The predicted octanol–water partition coefficient (Wildman–Crippen LogP) is 4.12. The fraction of sp³-hybridized carbons (Fsp3) is 0.176. The number of methoxy groups -OCH3 is 1. The van der Waals surface area contributed by atoms with Crippen molar-refractivity contribution >= 4 is 5.57 Å². The molecule has 0 aromatic heterocycles. The van der Waals surface area contributed by atoms with Crippen molar-refractivity contribution in [2.45, 2.75) is 12.5 Å². The quantitative estimate of drug-likeness (QED) is 0.766. The lowest BCUT2D eigenvalue weighted by Gasteiger charge is -2.10. The molecular weight excluding hydrogens is 250 g/mol. The van der Waals surface area contributed by atoms with Gasteiger partial charge in [-0.2, -0.15) is 4.91 Å². The Morgan fingerprint density at radius 1 is 1.20 bits per heavy atom. The Morgan fingerprint density at radius 3 is 2.75 bits per heavy atom. The van der Waals surface area contributed by atoms with Gasteiger partial charge in [0, 0.05) is 6.42 Å². The summed E-state index contributed by atoms with van der Waals surface area (Å²) in [6.45, 7) is 4.20. The van der Waals surface area contributed by atoms with Crippen LogP contribution in [-0.4, -0.2) is 7.11 Å². The lowest BCUT2D eigenvalue weighted by atomic mass is 9.95. The standard InChI is InChI=1S/C17H15NO2/c1-11-14-8-7-13(20-2)9-12(14)10-17(18-19)16-6-4-3-5-15(11)16/h3-9,17H,1,10H2,2H3. The average molecular weight is 265 g/mol. The molecule has 0 radical (unpaired) electrons. The highest BCUT2D eigenvalue weighted by Gasteiger charge is 2.24. The summed E-state index contributed by atoms with van der Waals surface area (Å²) < 4.78 is 5.26. The smallest absolute Gasteiger partial charge is 0.121 e. The summed E-state index contributed by atoms with van der Waals surface area (Å²) in [4.78, 5) is 11.2. The first-order valence-corrected chi connectivity index (χ1v) is 6.52. The van der Waals surface area contributed by atoms with Crippen molar-refractivity contribution in [2.24, 2.45) is 5.18 Å². The molecule has 1 aliphatic rings. The molecule has 3 heteroatoms. The first-order valence-electron chi connectivity index (χ1n) is 6.52. The van der Waals surface area contributed by atoms with E-state index in [2.05, 4.69) is 11.8 Å². The van der Waals surface area contributed by atoms with Crippen molar-refractivity contribution in [3.8, 4) is 5.75 Å². The molecule has 0 heterocycles. The van der Waals surface area contributed by atoms with Crippen LogP contribution in [0.15, 0.2) is 54.2 Å². The summed E-state index contributed by atoms with van der Waals surface area (Å²) in [5, 5.41) is 3.31. The molecule has 0 saturated heterocycles. The van der Waals surface area contributed by atoms with E-state index in [9.17, 15) is 4.91 Å². The molecule has 0 aliphatic heterocycles. The van der Waals surface area contributed by atoms with Gasteiger partial charge in [-0.1, -0.05) is 42.1 Å². The molecule has 1 unspecified atom stereocenters. The topological polar surface area (TPSA) is 38.7 Å². The van der Waals surface area contributed by atoms with E-state index in [1.807, 2.05) is 42.5 Å². The van der Waals surface area contributed by atoms with Gasteiger partial charge in [-0.25, -0.2) is 0 Å². The van der Waals surface area contributed by atoms with Crippen molar-refractivity contribution < 1.29 is 4.74 Å². The van der Waals surface area contributed by atoms with Crippen molar-refractivity contribution in [2.75, 3.05) is 7.11 Å². The minimum Gasteiger partial charge on any atom is -0.497 e. The molecule has 0 fully saturated rings. The van der Waals surface area contributed by atoms with Gasteiger partial charge in [-0.05, 0) is 40.0 Å². The Hall–Kier alpha value is -2.42. The number of hydrogen-bond donors (Lipinski definition) is 0. The lowest BCUT2D eigenvalue weighted by molar-refractivity contribution is 0.414. The minimum absolute atomic E-state index is 0.378. The fourth-order valence-electron chi connectivity index (χ4n) is 2.78. The first-order chi connectivity index (χ1) is 9.74. The van der Waals surface area contributed by atoms with E-state index in [0.29, 0.717) is 6.42 Å². The maximum Gasteiger partial charge on any atom is 0.121 e. The summed E-state index contributed by atoms with van der Waals surface area (Å²) in [5.74, 6) is 0.784. The third-order valence-electron chi connectivity index (χ3n) is 3.82. The molecule has 100 valence electrons. The molecule has 1 atom stereocenters. The SMILES string of the molecule is C=C1c2ccc(OC)cc2CC(N=O)c2ccccc21. The van der Waals surface area contributed by atoms with Gasteiger partial charge in [-0.3, -0.25) is 0 Å². The Balaban J connectivity index is 2.22. The second-order valence-corrected chi connectivity index (χ2v) is 4.91. The van der Waals surface area contributed by atoms with Crippen molar-refractivity contribution in [3.63, 3.8) is 0 Å². The second-order valence-electron chi connectivity index (χ2n) is 4.91. The van der Waals surface area contributed by atoms with Crippen LogP contribution in [0.2, 0.25) is 0 Å². The maximum absolute atomic E-state index is 11.2. The summed E-state index contributed by atoms with van der Waals surface area (Å²) in [7, 11) is 1.64. The van der Waals surface area contributed by atoms with Crippen LogP contribution in [0.3, 0.4) is 0 Å². The van der Waals surface area contributed by atoms with E-state index in [0.717, 1.165) is 33.6 Å². The molecule has 0 N–H and O–H groups in total. The molecule has 0 saturated carbocycles. The number of benzene rings is 2. The Kier molecular flexibility index (Phi) is 3.11. The van der Waals surface area contributed by atoms with Crippen LogP contribution in [-0.2, 0) is 6.42 Å². The molecular formula is C17H15NO2. The monoisotopic (exact) mass is 265 g/mol. The van der Waals surface area contributed by atoms with Crippen LogP contribution in [0.4, 0.5) is 0 Å². The van der Waals surface area contributed by atoms with Gasteiger partial charge < -0.3 is 4.74 Å². The largest absolute Gasteiger partial charge is 0.497 e. The Labute approximate surface area is 117 Å². The van der Waals surface area contributed by atoms with Crippen LogP contribution >= 0.6 is 0 Å². The average Bonchev–Trinajstić information content (AvgIpc) is 2.62. The van der Waals surface area contributed by atoms with Crippen LogP contribution in [0.1, 0.15) is 28.3 Å². The van der Waals surface area contributed by atoms with E-state index in [1.165, 1.54) is 0 Å². The van der Waals surface area contributed by atoms with Gasteiger partial charge in [-0.15, -0.1) is 0 Å². The molecule has 20 heavy (non-hydrogen) atoms. The van der Waals surface area contributed by atoms with Gasteiger partial charge >= 0.3 is 0 Å². The maximum atomic E-state index is 11.2. The molecule has 3 rings (SSSR count). The molecule has 0 spiro atoms. The molecule has 0 amide bonds. The number of nitroso groups, excluding NO2 is 1. The van der Waals surface area contributed by atoms with Crippen LogP contribution in [0, 0.1) is 4.91 Å². The number of hydrogen-bond acceptors (Lipinski definition) is 3. The fourth-order valence-corrected chi connectivity index (χ4v) is 2.78. The third-order valence-corrected chi connectivity index (χ3v) is 3.82. The predicted molar refractivity (Wildman–Crippen MR) is 79.8 cm³/mol. The highest BCUT2D eigenvalue weighted by atomic mass is 16.5. The molecule has 3 nitrogen and oxygen atoms in total. The molecule has 2 aromatic rings. The van der Waals surface area contributed by atoms with E-state index < -0.39 is 0 Å². The zero-order valence-corrected chi connectivity index (χ0v) is 11.3. The second kappa shape index (κ2) is 4.93. The van der Waals surface area contributed by atoms with Crippen molar-refractivity contribution in [3.05, 3.63) is 76.2 Å². The number of nitrogens with zero attached hydrogens (tertiary/aromatic N) is 1. The van der Waals surface area contributed by atoms with Gasteiger partial charge in [0.1, 0.15) is 11.8 Å². The van der Waals surface area contributed by atoms with Crippen LogP contribution < -0.4 is 4.74 Å². The Bertz CT molecular complexity index is 691. The summed E-state index contributed by atoms with van der Waals surface area (Å²) in [5.41, 5.74) is 4.99. The highest BCUT2D eigenvalue weighted by Crippen LogP contribution is 2.39. The van der Waals surface area contributed by atoms with Gasteiger partial charge in [0.25, 0.3) is 0 Å². The zero-order valence-electron chi connectivity index (χ0n) is 11.3. The summed E-state index contributed by atoms with van der Waals surface area (Å²) >= 11 is 0. The summed E-state index contributed by atoms with van der Waals surface area (Å²) in [6, 6.07) is 13.3. The van der Waals surface area contributed by atoms with Gasteiger partial charge in [0.2, 0.25) is 0 Å². The number of ether oxygens (including phenoxy) is 1. The Morgan fingerprint density at radius 2 is 2.00 bits per heavy atom. The molecule has 1 aliphatic carbocycles. The number of rotatable bonds is 2. The van der Waals surface area contributed by atoms with Gasteiger partial charge in [0.15, 0.2) is 0 Å². The normalized spacial score (nSPS) is 16.9. The van der Waals surface area contributed by atoms with E-state index >= 15 is 0 Å². The van der Waals surface area contributed by atoms with E-state index in [4.69, 9.17) is 4.74 Å². The molecule has 0 bridgehead atoms. The summed E-state index contributed by atoms with van der Waals surface area (Å²) in [6.07, 6.45) is 0.575. The third kappa shape index (κ3) is 1.92. The van der Waals surface area contributed by atoms with Crippen molar-refractivity contribution in [1.82, 2.24) is 0 Å². The van der Waals surface area contributed by atoms with E-state index in [1.54, 1.807) is 7.11 Å². The lowest BCUT2D eigenvalue weighted by Crippen LogP contribution is -1.99. The van der Waals surface area contributed by atoms with Crippen LogP contribution in [0.25, 0.3) is 5.57 Å². The zero-order chi connectivity index (χ0) is 14.1. The minimum atomic E-state index is -0.378.